The van der Waals surface area contributed by atoms with Gasteiger partial charge in [0.05, 0.1) is 17.9 Å². The fraction of sp³-hybridized carbons (Fsp3) is 0.478. The molecule has 1 aliphatic carbocycles. The first-order chi connectivity index (χ1) is 13.4. The van der Waals surface area contributed by atoms with Gasteiger partial charge in [0.1, 0.15) is 18.1 Å². The highest BCUT2D eigenvalue weighted by atomic mass is 16.6. The fourth-order valence-electron chi connectivity index (χ4n) is 4.31. The Morgan fingerprint density at radius 1 is 1.29 bits per heavy atom. The number of ketones is 1. The molecule has 0 amide bonds. The second-order valence-electron chi connectivity index (χ2n) is 7.52. The maximum atomic E-state index is 13.0. The highest BCUT2D eigenvalue weighted by Crippen LogP contribution is 2.45. The van der Waals surface area contributed by atoms with Crippen molar-refractivity contribution < 1.29 is 19.5 Å². The molecule has 5 heteroatoms. The minimum absolute atomic E-state index is 0.0883. The van der Waals surface area contributed by atoms with Crippen LogP contribution in [0.15, 0.2) is 29.1 Å². The van der Waals surface area contributed by atoms with E-state index in [2.05, 4.69) is 32.5 Å². The van der Waals surface area contributed by atoms with Crippen LogP contribution in [0.3, 0.4) is 0 Å². The lowest BCUT2D eigenvalue weighted by molar-refractivity contribution is -0.116. The molecule has 2 aliphatic rings. The highest BCUT2D eigenvalue weighted by Gasteiger charge is 2.35. The van der Waals surface area contributed by atoms with Gasteiger partial charge in [-0.3, -0.25) is 4.79 Å². The van der Waals surface area contributed by atoms with Gasteiger partial charge in [0.15, 0.2) is 5.78 Å². The smallest absolute Gasteiger partial charge is 0.168 e. The molecular formula is C23H29NO4. The quantitative estimate of drug-likeness (QED) is 0.332. The Labute approximate surface area is 166 Å². The van der Waals surface area contributed by atoms with Crippen molar-refractivity contribution in [2.75, 3.05) is 13.2 Å². The van der Waals surface area contributed by atoms with E-state index >= 15 is 0 Å². The van der Waals surface area contributed by atoms with Gasteiger partial charge in [0.25, 0.3) is 0 Å². The third-order valence-electron chi connectivity index (χ3n) is 5.94. The number of fused-ring (bicyclic) bond motifs is 1. The van der Waals surface area contributed by atoms with E-state index in [9.17, 15) is 9.90 Å². The first kappa shape index (κ1) is 20.2. The largest absolute Gasteiger partial charge is 0.511 e. The summed E-state index contributed by atoms with van der Waals surface area (Å²) in [6.45, 7) is 12.8. The number of oxime groups is 1. The molecule has 1 aromatic rings. The first-order valence-corrected chi connectivity index (χ1v) is 9.91. The van der Waals surface area contributed by atoms with E-state index in [4.69, 9.17) is 9.57 Å². The normalized spacial score (nSPS) is 19.5. The average Bonchev–Trinajstić information content (AvgIpc) is 3.14. The highest BCUT2D eigenvalue weighted by molar-refractivity contribution is 6.23. The lowest BCUT2D eigenvalue weighted by Gasteiger charge is -2.28. The molecule has 28 heavy (non-hydrogen) atoms. The van der Waals surface area contributed by atoms with Crippen LogP contribution in [0, 0.1) is 20.8 Å². The molecule has 0 spiro atoms. The van der Waals surface area contributed by atoms with E-state index in [1.54, 1.807) is 6.08 Å². The van der Waals surface area contributed by atoms with E-state index in [0.717, 1.165) is 23.3 Å². The van der Waals surface area contributed by atoms with Gasteiger partial charge in [-0.25, -0.2) is 0 Å². The van der Waals surface area contributed by atoms with E-state index in [0.29, 0.717) is 37.2 Å². The Morgan fingerprint density at radius 2 is 2.04 bits per heavy atom. The van der Waals surface area contributed by atoms with Crippen molar-refractivity contribution in [1.29, 1.82) is 0 Å². The first-order valence-electron chi connectivity index (χ1n) is 9.91. The van der Waals surface area contributed by atoms with Crippen LogP contribution in [0.4, 0.5) is 0 Å². The maximum Gasteiger partial charge on any atom is 0.168 e. The molecule has 0 bridgehead atoms. The second-order valence-corrected chi connectivity index (χ2v) is 7.52. The van der Waals surface area contributed by atoms with Crippen molar-refractivity contribution in [1.82, 2.24) is 0 Å². The zero-order valence-electron chi connectivity index (χ0n) is 17.2. The van der Waals surface area contributed by atoms with Gasteiger partial charge in [-0.2, -0.15) is 0 Å². The SMILES string of the molecule is C=CCO/N=C(/CC)C1=C(O)CC(c2c(C)c(C)c(C)c3c2OCC3)CC1=O. The van der Waals surface area contributed by atoms with Gasteiger partial charge >= 0.3 is 0 Å². The van der Waals surface area contributed by atoms with Crippen LogP contribution in [-0.2, 0) is 16.1 Å². The molecule has 0 radical (unpaired) electrons. The van der Waals surface area contributed by atoms with Crippen LogP contribution in [-0.4, -0.2) is 29.8 Å². The lowest BCUT2D eigenvalue weighted by Crippen LogP contribution is -2.24. The molecule has 150 valence electrons. The molecule has 0 aromatic heterocycles. The number of hydrogen-bond donors (Lipinski definition) is 1. The average molecular weight is 383 g/mol. The number of aliphatic hydroxyl groups is 1. The maximum absolute atomic E-state index is 13.0. The van der Waals surface area contributed by atoms with Crippen LogP contribution >= 0.6 is 0 Å². The Bertz CT molecular complexity index is 879. The van der Waals surface area contributed by atoms with Crippen LogP contribution < -0.4 is 4.74 Å². The van der Waals surface area contributed by atoms with E-state index in [1.165, 1.54) is 16.7 Å². The number of allylic oxidation sites excluding steroid dienone is 2. The van der Waals surface area contributed by atoms with Crippen LogP contribution in [0.2, 0.25) is 0 Å². The van der Waals surface area contributed by atoms with Gasteiger partial charge in [-0.1, -0.05) is 24.7 Å². The molecule has 1 atom stereocenters. The fourth-order valence-corrected chi connectivity index (χ4v) is 4.31. The third-order valence-corrected chi connectivity index (χ3v) is 5.94. The monoisotopic (exact) mass is 383 g/mol. The van der Waals surface area contributed by atoms with Crippen molar-refractivity contribution in [2.24, 2.45) is 5.16 Å². The number of carbonyl (C=O) groups excluding carboxylic acids is 1. The van der Waals surface area contributed by atoms with Crippen molar-refractivity contribution in [2.45, 2.75) is 59.3 Å². The standard InChI is InChI=1S/C23H29NO4/c1-6-9-28-24-18(7-2)22-19(25)11-16(12-20(22)26)21-15(5)13(3)14(4)17-8-10-27-23(17)21/h6,16,25H,1,7-12H2,2-5H3/b24-18-. The summed E-state index contributed by atoms with van der Waals surface area (Å²) in [5.74, 6) is 0.831. The number of Topliss-reactive ketones (excluding diaryl/α,β-unsaturated/α-hetero) is 1. The summed E-state index contributed by atoms with van der Waals surface area (Å²) in [5, 5.41) is 14.8. The molecule has 0 saturated carbocycles. The molecule has 1 aromatic carbocycles. The second kappa shape index (κ2) is 8.21. The Kier molecular flexibility index (Phi) is 5.92. The predicted molar refractivity (Wildman–Crippen MR) is 110 cm³/mol. The van der Waals surface area contributed by atoms with Gasteiger partial charge in [-0.15, -0.1) is 0 Å². The van der Waals surface area contributed by atoms with Gasteiger partial charge < -0.3 is 14.7 Å². The number of carbonyl (C=O) groups is 1. The zero-order valence-corrected chi connectivity index (χ0v) is 17.2. The number of aliphatic hydroxyl groups excluding tert-OH is 1. The van der Waals surface area contributed by atoms with Gasteiger partial charge in [0, 0.05) is 36.3 Å². The van der Waals surface area contributed by atoms with E-state index in [-0.39, 0.29) is 24.1 Å². The molecule has 5 nitrogen and oxygen atoms in total. The molecule has 1 N–H and O–H groups in total. The predicted octanol–water partition coefficient (Wildman–Crippen LogP) is 4.77. The van der Waals surface area contributed by atoms with Crippen molar-refractivity contribution in [3.05, 3.63) is 51.8 Å². The summed E-state index contributed by atoms with van der Waals surface area (Å²) in [6.07, 6.45) is 3.73. The summed E-state index contributed by atoms with van der Waals surface area (Å²) in [6, 6.07) is 0. The molecule has 3 rings (SSSR count). The van der Waals surface area contributed by atoms with Crippen LogP contribution in [0.1, 0.15) is 59.9 Å². The summed E-state index contributed by atoms with van der Waals surface area (Å²) >= 11 is 0. The molecular weight excluding hydrogens is 354 g/mol. The van der Waals surface area contributed by atoms with E-state index < -0.39 is 0 Å². The Balaban J connectivity index is 2.00. The van der Waals surface area contributed by atoms with Crippen molar-refractivity contribution in [3.8, 4) is 5.75 Å². The number of benzene rings is 1. The minimum atomic E-state index is -0.0964. The minimum Gasteiger partial charge on any atom is -0.511 e. The summed E-state index contributed by atoms with van der Waals surface area (Å²) in [7, 11) is 0. The Hall–Kier alpha value is -2.56. The molecule has 1 aliphatic heterocycles. The molecule has 1 unspecified atom stereocenters. The Morgan fingerprint density at radius 3 is 2.68 bits per heavy atom. The summed E-state index contributed by atoms with van der Waals surface area (Å²) in [4.78, 5) is 18.1. The lowest BCUT2D eigenvalue weighted by atomic mass is 9.77. The molecule has 0 fully saturated rings. The topological polar surface area (TPSA) is 68.1 Å². The summed E-state index contributed by atoms with van der Waals surface area (Å²) < 4.78 is 5.97. The van der Waals surface area contributed by atoms with Crippen molar-refractivity contribution >= 4 is 11.5 Å². The van der Waals surface area contributed by atoms with E-state index in [1.807, 2.05) is 6.92 Å². The molecule has 1 heterocycles. The number of nitrogens with zero attached hydrogens (tertiary/aromatic N) is 1. The number of hydrogen-bond acceptors (Lipinski definition) is 5. The van der Waals surface area contributed by atoms with Crippen LogP contribution in [0.25, 0.3) is 0 Å². The number of rotatable bonds is 6. The van der Waals surface area contributed by atoms with Crippen molar-refractivity contribution in [3.63, 3.8) is 0 Å². The third kappa shape index (κ3) is 3.46. The number of ether oxygens (including phenoxy) is 1. The van der Waals surface area contributed by atoms with Gasteiger partial charge in [-0.05, 0) is 43.9 Å². The van der Waals surface area contributed by atoms with Crippen LogP contribution in [0.5, 0.6) is 5.75 Å². The molecule has 0 saturated heterocycles. The zero-order chi connectivity index (χ0) is 20.4. The van der Waals surface area contributed by atoms with Gasteiger partial charge in [0.2, 0.25) is 0 Å². The summed E-state index contributed by atoms with van der Waals surface area (Å²) in [5.41, 5.74) is 6.79.